The summed E-state index contributed by atoms with van der Waals surface area (Å²) < 4.78 is 10.5. The molecular formula is C14H21N3O3. The fourth-order valence-electron chi connectivity index (χ4n) is 2.02. The first-order chi connectivity index (χ1) is 9.78. The Hall–Kier alpha value is -1.82. The summed E-state index contributed by atoms with van der Waals surface area (Å²) in [5.74, 6) is 0.579. The minimum absolute atomic E-state index is 0.00853. The van der Waals surface area contributed by atoms with E-state index in [4.69, 9.17) is 9.47 Å². The molecule has 0 spiro atoms. The molecule has 1 saturated heterocycles. The van der Waals surface area contributed by atoms with Gasteiger partial charge in [0.1, 0.15) is 0 Å². The molecule has 6 nitrogen and oxygen atoms in total. The monoisotopic (exact) mass is 279 g/mol. The second kappa shape index (κ2) is 7.69. The van der Waals surface area contributed by atoms with Gasteiger partial charge >= 0.3 is 0 Å². The molecular weight excluding hydrogens is 258 g/mol. The van der Waals surface area contributed by atoms with Crippen LogP contribution in [0.25, 0.3) is 0 Å². The maximum Gasteiger partial charge on any atom is 0.239 e. The van der Waals surface area contributed by atoms with Gasteiger partial charge in [0.25, 0.3) is 0 Å². The standard InChI is InChI=1S/C14H21N3O3/c1-2-20-14-4-3-12(9-16-14)15-10-13(18)17-11-5-7-19-8-6-11/h3-4,9,11,15H,2,5-8,10H2,1H3,(H,17,18). The molecule has 2 N–H and O–H groups in total. The Morgan fingerprint density at radius 1 is 1.45 bits per heavy atom. The lowest BCUT2D eigenvalue weighted by atomic mass is 10.1. The highest BCUT2D eigenvalue weighted by atomic mass is 16.5. The highest BCUT2D eigenvalue weighted by Crippen LogP contribution is 2.11. The Bertz CT molecular complexity index is 416. The van der Waals surface area contributed by atoms with E-state index in [1.54, 1.807) is 12.3 Å². The van der Waals surface area contributed by atoms with Crippen molar-refractivity contribution >= 4 is 11.6 Å². The maximum absolute atomic E-state index is 11.8. The fraction of sp³-hybridized carbons (Fsp3) is 0.571. The van der Waals surface area contributed by atoms with Crippen LogP contribution in [-0.2, 0) is 9.53 Å². The normalized spacial score (nSPS) is 15.7. The second-order valence-electron chi connectivity index (χ2n) is 4.63. The molecule has 6 heteroatoms. The van der Waals surface area contributed by atoms with E-state index in [-0.39, 0.29) is 18.5 Å². The number of hydrogen-bond acceptors (Lipinski definition) is 5. The Balaban J connectivity index is 1.72. The largest absolute Gasteiger partial charge is 0.478 e. The number of nitrogens with zero attached hydrogens (tertiary/aromatic N) is 1. The Labute approximate surface area is 118 Å². The molecule has 1 aromatic rings. The van der Waals surface area contributed by atoms with Crippen molar-refractivity contribution < 1.29 is 14.3 Å². The van der Waals surface area contributed by atoms with Crippen LogP contribution in [0, 0.1) is 0 Å². The van der Waals surface area contributed by atoms with E-state index in [1.165, 1.54) is 0 Å². The number of nitrogens with one attached hydrogen (secondary N) is 2. The number of anilines is 1. The van der Waals surface area contributed by atoms with Crippen molar-refractivity contribution in [1.29, 1.82) is 0 Å². The number of rotatable bonds is 6. The van der Waals surface area contributed by atoms with Gasteiger partial charge in [0.2, 0.25) is 11.8 Å². The second-order valence-corrected chi connectivity index (χ2v) is 4.63. The molecule has 0 radical (unpaired) electrons. The first-order valence-electron chi connectivity index (χ1n) is 6.97. The van der Waals surface area contributed by atoms with Gasteiger partial charge < -0.3 is 20.1 Å². The van der Waals surface area contributed by atoms with Crippen molar-refractivity contribution in [3.63, 3.8) is 0 Å². The van der Waals surface area contributed by atoms with Crippen molar-refractivity contribution in [3.05, 3.63) is 18.3 Å². The molecule has 1 aliphatic rings. The molecule has 2 rings (SSSR count). The third-order valence-electron chi connectivity index (χ3n) is 3.07. The van der Waals surface area contributed by atoms with Crippen LogP contribution < -0.4 is 15.4 Å². The van der Waals surface area contributed by atoms with Crippen LogP contribution in [0.15, 0.2) is 18.3 Å². The lowest BCUT2D eigenvalue weighted by molar-refractivity contribution is -0.120. The molecule has 0 saturated carbocycles. The first-order valence-corrected chi connectivity index (χ1v) is 6.97. The van der Waals surface area contributed by atoms with Crippen LogP contribution >= 0.6 is 0 Å². The molecule has 110 valence electrons. The summed E-state index contributed by atoms with van der Waals surface area (Å²) in [6, 6.07) is 3.86. The van der Waals surface area contributed by atoms with Crippen LogP contribution in [0.1, 0.15) is 19.8 Å². The smallest absolute Gasteiger partial charge is 0.239 e. The van der Waals surface area contributed by atoms with Gasteiger partial charge in [-0.1, -0.05) is 0 Å². The van der Waals surface area contributed by atoms with Crippen LogP contribution in [-0.4, -0.2) is 43.3 Å². The zero-order valence-corrected chi connectivity index (χ0v) is 11.7. The molecule has 1 aliphatic heterocycles. The minimum Gasteiger partial charge on any atom is -0.478 e. The number of hydrogen-bond donors (Lipinski definition) is 2. The number of pyridine rings is 1. The summed E-state index contributed by atoms with van der Waals surface area (Å²) in [5.41, 5.74) is 0.801. The third-order valence-corrected chi connectivity index (χ3v) is 3.07. The van der Waals surface area contributed by atoms with E-state index in [0.29, 0.717) is 12.5 Å². The quantitative estimate of drug-likeness (QED) is 0.818. The number of aromatic nitrogens is 1. The highest BCUT2D eigenvalue weighted by molar-refractivity contribution is 5.80. The molecule has 0 atom stereocenters. The van der Waals surface area contributed by atoms with E-state index >= 15 is 0 Å². The third kappa shape index (κ3) is 4.70. The summed E-state index contributed by atoms with van der Waals surface area (Å²) in [5, 5.41) is 6.04. The average Bonchev–Trinajstić information content (AvgIpc) is 2.48. The molecule has 1 fully saturated rings. The Kier molecular flexibility index (Phi) is 5.61. The predicted molar refractivity (Wildman–Crippen MR) is 75.9 cm³/mol. The summed E-state index contributed by atoms with van der Waals surface area (Å²) >= 11 is 0. The Morgan fingerprint density at radius 2 is 2.25 bits per heavy atom. The topological polar surface area (TPSA) is 72.5 Å². The number of ether oxygens (including phenoxy) is 2. The minimum atomic E-state index is -0.00853. The van der Waals surface area contributed by atoms with Crippen molar-refractivity contribution in [1.82, 2.24) is 10.3 Å². The molecule has 0 aromatic carbocycles. The summed E-state index contributed by atoms with van der Waals surface area (Å²) in [6.45, 7) is 4.19. The van der Waals surface area contributed by atoms with Gasteiger partial charge in [-0.2, -0.15) is 0 Å². The van der Waals surface area contributed by atoms with E-state index in [1.807, 2.05) is 13.0 Å². The first kappa shape index (κ1) is 14.6. The van der Waals surface area contributed by atoms with E-state index < -0.39 is 0 Å². The predicted octanol–water partition coefficient (Wildman–Crippen LogP) is 1.19. The van der Waals surface area contributed by atoms with Gasteiger partial charge in [-0.15, -0.1) is 0 Å². The lowest BCUT2D eigenvalue weighted by Crippen LogP contribution is -2.41. The molecule has 2 heterocycles. The van der Waals surface area contributed by atoms with Crippen LogP contribution in [0.3, 0.4) is 0 Å². The maximum atomic E-state index is 11.8. The lowest BCUT2D eigenvalue weighted by Gasteiger charge is -2.23. The fourth-order valence-corrected chi connectivity index (χ4v) is 2.02. The molecule has 20 heavy (non-hydrogen) atoms. The zero-order chi connectivity index (χ0) is 14.2. The molecule has 1 amide bonds. The molecule has 0 bridgehead atoms. The van der Waals surface area contributed by atoms with Gasteiger partial charge in [-0.3, -0.25) is 4.79 Å². The van der Waals surface area contributed by atoms with Gasteiger partial charge in [0.05, 0.1) is 25.0 Å². The average molecular weight is 279 g/mol. The van der Waals surface area contributed by atoms with Gasteiger partial charge in [-0.25, -0.2) is 4.98 Å². The van der Waals surface area contributed by atoms with Crippen molar-refractivity contribution in [2.75, 3.05) is 31.7 Å². The zero-order valence-electron chi connectivity index (χ0n) is 11.7. The van der Waals surface area contributed by atoms with E-state index in [0.717, 1.165) is 31.7 Å². The van der Waals surface area contributed by atoms with E-state index in [2.05, 4.69) is 15.6 Å². The van der Waals surface area contributed by atoms with Crippen molar-refractivity contribution in [2.45, 2.75) is 25.8 Å². The molecule has 0 unspecified atom stereocenters. The van der Waals surface area contributed by atoms with Gasteiger partial charge in [0.15, 0.2) is 0 Å². The molecule has 0 aliphatic carbocycles. The van der Waals surface area contributed by atoms with Crippen LogP contribution in [0.5, 0.6) is 5.88 Å². The molecule has 1 aromatic heterocycles. The van der Waals surface area contributed by atoms with Crippen LogP contribution in [0.2, 0.25) is 0 Å². The van der Waals surface area contributed by atoms with Crippen molar-refractivity contribution in [2.24, 2.45) is 0 Å². The SMILES string of the molecule is CCOc1ccc(NCC(=O)NC2CCOCC2)cn1. The number of carbonyl (C=O) groups is 1. The van der Waals surface area contributed by atoms with Gasteiger partial charge in [-0.05, 0) is 25.8 Å². The number of amides is 1. The number of carbonyl (C=O) groups excluding carboxylic acids is 1. The summed E-state index contributed by atoms with van der Waals surface area (Å²) in [7, 11) is 0. The van der Waals surface area contributed by atoms with E-state index in [9.17, 15) is 4.79 Å². The Morgan fingerprint density at radius 3 is 2.90 bits per heavy atom. The summed E-state index contributed by atoms with van der Waals surface area (Å²) in [4.78, 5) is 15.9. The van der Waals surface area contributed by atoms with Crippen molar-refractivity contribution in [3.8, 4) is 5.88 Å². The highest BCUT2D eigenvalue weighted by Gasteiger charge is 2.15. The summed E-state index contributed by atoms with van der Waals surface area (Å²) in [6.07, 6.45) is 3.43. The van der Waals surface area contributed by atoms with Crippen LogP contribution in [0.4, 0.5) is 5.69 Å². The van der Waals surface area contributed by atoms with Gasteiger partial charge in [0, 0.05) is 25.3 Å².